The average Bonchev–Trinajstić information content (AvgIpc) is 2.74. The first-order valence-corrected chi connectivity index (χ1v) is 11.1. The third-order valence-corrected chi connectivity index (χ3v) is 5.93. The molecule has 2 aromatic carbocycles. The van der Waals surface area contributed by atoms with Gasteiger partial charge in [-0.05, 0) is 68.8 Å². The lowest BCUT2D eigenvalue weighted by atomic mass is 9.94. The Morgan fingerprint density at radius 1 is 1.16 bits per heavy atom. The summed E-state index contributed by atoms with van der Waals surface area (Å²) in [5.74, 6) is 0.816. The molecule has 164 valence electrons. The number of pyridine rings is 1. The Balaban J connectivity index is 1.55. The summed E-state index contributed by atoms with van der Waals surface area (Å²) >= 11 is 0. The molecule has 1 aliphatic heterocycles. The molecule has 1 saturated heterocycles. The lowest BCUT2D eigenvalue weighted by Crippen LogP contribution is -2.44. The van der Waals surface area contributed by atoms with Crippen molar-refractivity contribution in [2.24, 2.45) is 0 Å². The fraction of sp³-hybridized carbons (Fsp3) is 0.423. The van der Waals surface area contributed by atoms with Gasteiger partial charge in [0.1, 0.15) is 12.4 Å². The van der Waals surface area contributed by atoms with Gasteiger partial charge < -0.3 is 19.4 Å². The van der Waals surface area contributed by atoms with Crippen LogP contribution in [0.15, 0.2) is 59.4 Å². The van der Waals surface area contributed by atoms with E-state index >= 15 is 0 Å². The first-order chi connectivity index (χ1) is 14.9. The molecule has 0 bridgehead atoms. The number of aryl methyl sites for hydroxylation is 1. The summed E-state index contributed by atoms with van der Waals surface area (Å²) in [7, 11) is 0. The zero-order chi connectivity index (χ0) is 21.8. The van der Waals surface area contributed by atoms with Gasteiger partial charge in [0.15, 0.2) is 0 Å². The maximum Gasteiger partial charge on any atom is 0.255 e. The maximum absolute atomic E-state index is 13.4. The minimum atomic E-state index is -0.119. The van der Waals surface area contributed by atoms with E-state index in [2.05, 4.69) is 44.3 Å². The SMILES string of the molecule is Cc1ccc2cc(CN[C@H]3CCOC(C)(C)C3)c(=O)n(CCOc3ccccc3)c2c1. The summed E-state index contributed by atoms with van der Waals surface area (Å²) in [5, 5.41) is 4.67. The number of fused-ring (bicyclic) bond motifs is 1. The summed E-state index contributed by atoms with van der Waals surface area (Å²) in [4.78, 5) is 13.4. The van der Waals surface area contributed by atoms with Crippen molar-refractivity contribution in [1.82, 2.24) is 9.88 Å². The van der Waals surface area contributed by atoms with E-state index in [-0.39, 0.29) is 11.2 Å². The van der Waals surface area contributed by atoms with E-state index in [4.69, 9.17) is 9.47 Å². The molecule has 2 heterocycles. The lowest BCUT2D eigenvalue weighted by Gasteiger charge is -2.36. The van der Waals surface area contributed by atoms with E-state index < -0.39 is 0 Å². The second-order valence-electron chi connectivity index (χ2n) is 9.03. The predicted molar refractivity (Wildman–Crippen MR) is 125 cm³/mol. The van der Waals surface area contributed by atoms with Crippen LogP contribution in [0.25, 0.3) is 10.9 Å². The molecule has 0 saturated carbocycles. The van der Waals surface area contributed by atoms with Gasteiger partial charge >= 0.3 is 0 Å². The number of nitrogens with one attached hydrogen (secondary N) is 1. The number of ether oxygens (including phenoxy) is 2. The van der Waals surface area contributed by atoms with Crippen molar-refractivity contribution in [2.75, 3.05) is 13.2 Å². The molecule has 3 aromatic rings. The van der Waals surface area contributed by atoms with E-state index in [9.17, 15) is 4.79 Å². The highest BCUT2D eigenvalue weighted by Crippen LogP contribution is 2.24. The smallest absolute Gasteiger partial charge is 0.255 e. The van der Waals surface area contributed by atoms with Crippen molar-refractivity contribution in [3.05, 3.63) is 76.1 Å². The quantitative estimate of drug-likeness (QED) is 0.614. The van der Waals surface area contributed by atoms with Crippen molar-refractivity contribution in [2.45, 2.75) is 58.3 Å². The van der Waals surface area contributed by atoms with Gasteiger partial charge in [0.25, 0.3) is 5.56 Å². The molecule has 5 nitrogen and oxygen atoms in total. The zero-order valence-electron chi connectivity index (χ0n) is 18.7. The highest BCUT2D eigenvalue weighted by atomic mass is 16.5. The van der Waals surface area contributed by atoms with Crippen LogP contribution in [-0.4, -0.2) is 29.4 Å². The van der Waals surface area contributed by atoms with Crippen molar-refractivity contribution in [3.8, 4) is 5.75 Å². The maximum atomic E-state index is 13.4. The fourth-order valence-electron chi connectivity index (χ4n) is 4.32. The highest BCUT2D eigenvalue weighted by molar-refractivity contribution is 5.80. The van der Waals surface area contributed by atoms with Crippen molar-refractivity contribution < 1.29 is 9.47 Å². The highest BCUT2D eigenvalue weighted by Gasteiger charge is 2.28. The van der Waals surface area contributed by atoms with E-state index in [0.29, 0.717) is 25.7 Å². The van der Waals surface area contributed by atoms with E-state index in [1.54, 1.807) is 0 Å². The van der Waals surface area contributed by atoms with Crippen LogP contribution in [0.1, 0.15) is 37.8 Å². The molecule has 31 heavy (non-hydrogen) atoms. The molecule has 4 rings (SSSR count). The molecule has 0 radical (unpaired) electrons. The van der Waals surface area contributed by atoms with Crippen LogP contribution in [0.2, 0.25) is 0 Å². The number of hydrogen-bond donors (Lipinski definition) is 1. The van der Waals surface area contributed by atoms with E-state index in [0.717, 1.165) is 47.2 Å². The molecule has 1 N–H and O–H groups in total. The van der Waals surface area contributed by atoms with Gasteiger partial charge in [0.2, 0.25) is 0 Å². The Labute approximate surface area is 184 Å². The van der Waals surface area contributed by atoms with E-state index in [1.807, 2.05) is 41.0 Å². The Morgan fingerprint density at radius 2 is 1.97 bits per heavy atom. The number of hydrogen-bond acceptors (Lipinski definition) is 4. The zero-order valence-corrected chi connectivity index (χ0v) is 18.7. The van der Waals surface area contributed by atoms with Crippen LogP contribution in [0.4, 0.5) is 0 Å². The number of para-hydroxylation sites is 1. The summed E-state index contributed by atoms with van der Waals surface area (Å²) in [6.45, 7) is 8.56. The average molecular weight is 421 g/mol. The third kappa shape index (κ3) is 5.35. The standard InChI is InChI=1S/C26H32N2O3/c1-19-9-10-20-16-21(18-27-22-11-13-31-26(2,3)17-22)25(29)28(24(20)15-19)12-14-30-23-7-5-4-6-8-23/h4-10,15-16,22,27H,11-14,17-18H2,1-3H3/t22-/m0/s1. The molecule has 0 spiro atoms. The van der Waals surface area contributed by atoms with Gasteiger partial charge in [0, 0.05) is 24.8 Å². The Hall–Kier alpha value is -2.63. The van der Waals surface area contributed by atoms with Crippen molar-refractivity contribution in [1.29, 1.82) is 0 Å². The molecule has 1 fully saturated rings. The van der Waals surface area contributed by atoms with Gasteiger partial charge in [-0.15, -0.1) is 0 Å². The number of benzene rings is 2. The van der Waals surface area contributed by atoms with Gasteiger partial charge in [-0.2, -0.15) is 0 Å². The summed E-state index contributed by atoms with van der Waals surface area (Å²) < 4.78 is 13.6. The Morgan fingerprint density at radius 3 is 2.74 bits per heavy atom. The molecule has 1 aliphatic rings. The van der Waals surface area contributed by atoms with Crippen LogP contribution in [0.5, 0.6) is 5.75 Å². The van der Waals surface area contributed by atoms with Crippen LogP contribution in [0, 0.1) is 6.92 Å². The topological polar surface area (TPSA) is 52.5 Å². The summed E-state index contributed by atoms with van der Waals surface area (Å²) in [6, 6.07) is 18.4. The number of nitrogens with zero attached hydrogens (tertiary/aromatic N) is 1. The first-order valence-electron chi connectivity index (χ1n) is 11.1. The molecule has 0 amide bonds. The number of rotatable bonds is 7. The molecular weight excluding hydrogens is 388 g/mol. The fourth-order valence-corrected chi connectivity index (χ4v) is 4.32. The van der Waals surface area contributed by atoms with Crippen molar-refractivity contribution >= 4 is 10.9 Å². The van der Waals surface area contributed by atoms with Gasteiger partial charge in [0.05, 0.1) is 17.7 Å². The van der Waals surface area contributed by atoms with Crippen LogP contribution in [0.3, 0.4) is 0 Å². The molecule has 5 heteroatoms. The molecule has 1 aromatic heterocycles. The Bertz CT molecular complexity index is 1090. The number of aromatic nitrogens is 1. The van der Waals surface area contributed by atoms with Crippen LogP contribution < -0.4 is 15.6 Å². The third-order valence-electron chi connectivity index (χ3n) is 5.93. The largest absolute Gasteiger partial charge is 0.492 e. The van der Waals surface area contributed by atoms with Gasteiger partial charge in [-0.1, -0.05) is 30.3 Å². The van der Waals surface area contributed by atoms with E-state index in [1.165, 1.54) is 0 Å². The minimum Gasteiger partial charge on any atom is -0.492 e. The van der Waals surface area contributed by atoms with Crippen LogP contribution >= 0.6 is 0 Å². The second kappa shape index (κ2) is 9.25. The monoisotopic (exact) mass is 420 g/mol. The Kier molecular flexibility index (Phi) is 6.44. The second-order valence-corrected chi connectivity index (χ2v) is 9.03. The molecular formula is C26H32N2O3. The van der Waals surface area contributed by atoms with Crippen molar-refractivity contribution in [3.63, 3.8) is 0 Å². The molecule has 1 atom stereocenters. The molecule has 0 aliphatic carbocycles. The first kappa shape index (κ1) is 21.6. The van der Waals surface area contributed by atoms with Crippen LogP contribution in [-0.2, 0) is 17.8 Å². The summed E-state index contributed by atoms with van der Waals surface area (Å²) in [6.07, 6.45) is 1.91. The normalized spacial score (nSPS) is 18.2. The minimum absolute atomic E-state index is 0.0496. The molecule has 0 unspecified atom stereocenters. The summed E-state index contributed by atoms with van der Waals surface area (Å²) in [5.41, 5.74) is 2.82. The van der Waals surface area contributed by atoms with Gasteiger partial charge in [-0.3, -0.25) is 4.79 Å². The lowest BCUT2D eigenvalue weighted by molar-refractivity contribution is -0.0630. The van der Waals surface area contributed by atoms with Gasteiger partial charge in [-0.25, -0.2) is 0 Å². The predicted octanol–water partition coefficient (Wildman–Crippen LogP) is 4.44.